The summed E-state index contributed by atoms with van der Waals surface area (Å²) in [5.74, 6) is -0.624. The molecule has 1 saturated heterocycles. The van der Waals surface area contributed by atoms with E-state index in [-0.39, 0.29) is 13.2 Å². The van der Waals surface area contributed by atoms with E-state index in [1.165, 1.54) is 0 Å². The Labute approximate surface area is 114 Å². The third-order valence-electron chi connectivity index (χ3n) is 2.59. The molecule has 9 heteroatoms. The third kappa shape index (κ3) is 4.49. The molecule has 0 aliphatic carbocycles. The Kier molecular flexibility index (Phi) is 7.02. The quantitative estimate of drug-likeness (QED) is 0.132. The molecule has 5 atom stereocenters. The lowest BCUT2D eigenvalue weighted by Crippen LogP contribution is -2.59. The summed E-state index contributed by atoms with van der Waals surface area (Å²) in [5.41, 5.74) is 0. The highest BCUT2D eigenvalue weighted by Crippen LogP contribution is 2.21. The van der Waals surface area contributed by atoms with Gasteiger partial charge in [-0.3, -0.25) is 0 Å². The molecule has 0 saturated carbocycles. The Morgan fingerprint density at radius 3 is 2.50 bits per heavy atom. The van der Waals surface area contributed by atoms with Crippen LogP contribution in [0.25, 0.3) is 0 Å². The zero-order valence-electron chi connectivity index (χ0n) is 10.6. The molecule has 116 valence electrons. The molecular formula is C11H18O9. The number of ether oxygens (including phenoxy) is 2. The molecule has 4 N–H and O–H groups in total. The van der Waals surface area contributed by atoms with Crippen LogP contribution in [-0.2, 0) is 24.0 Å². The fraction of sp³-hybridized carbons (Fsp3) is 0.727. The number of aliphatic hydroxyl groups excluding tert-OH is 4. The van der Waals surface area contributed by atoms with Crippen molar-refractivity contribution in [3.63, 3.8) is 0 Å². The first-order valence-corrected chi connectivity index (χ1v) is 5.89. The molecule has 0 spiro atoms. The van der Waals surface area contributed by atoms with Gasteiger partial charge in [-0.2, -0.15) is 0 Å². The summed E-state index contributed by atoms with van der Waals surface area (Å²) in [5, 5.41) is 37.5. The summed E-state index contributed by atoms with van der Waals surface area (Å²) in [6.07, 6.45) is -6.06. The predicted molar refractivity (Wildman–Crippen MR) is 62.0 cm³/mol. The maximum atomic E-state index is 10.7. The summed E-state index contributed by atoms with van der Waals surface area (Å²) < 4.78 is 9.59. The maximum Gasteiger partial charge on any atom is 0.330 e. The van der Waals surface area contributed by atoms with Gasteiger partial charge in [0.2, 0.25) is 6.29 Å². The molecule has 0 amide bonds. The smallest absolute Gasteiger partial charge is 0.330 e. The van der Waals surface area contributed by atoms with Gasteiger partial charge in [0.25, 0.3) is 0 Å². The molecular weight excluding hydrogens is 276 g/mol. The van der Waals surface area contributed by atoms with Crippen LogP contribution < -0.4 is 0 Å². The van der Waals surface area contributed by atoms with Gasteiger partial charge < -0.3 is 29.9 Å². The Morgan fingerprint density at radius 1 is 1.20 bits per heavy atom. The van der Waals surface area contributed by atoms with E-state index in [1.807, 2.05) is 0 Å². The molecule has 9 nitrogen and oxygen atoms in total. The number of carbonyl (C=O) groups is 1. The van der Waals surface area contributed by atoms with Gasteiger partial charge in [0.15, 0.2) is 0 Å². The van der Waals surface area contributed by atoms with Crippen LogP contribution in [0.4, 0.5) is 0 Å². The second-order valence-electron chi connectivity index (χ2n) is 3.99. The minimum absolute atomic E-state index is 0.109. The predicted octanol–water partition coefficient (Wildman–Crippen LogP) is -2.54. The van der Waals surface area contributed by atoms with Crippen LogP contribution in [0.1, 0.15) is 0 Å². The van der Waals surface area contributed by atoms with Crippen molar-refractivity contribution in [2.75, 3.05) is 19.8 Å². The van der Waals surface area contributed by atoms with Crippen LogP contribution in [0, 0.1) is 0 Å². The minimum Gasteiger partial charge on any atom is -0.460 e. The van der Waals surface area contributed by atoms with E-state index in [0.29, 0.717) is 0 Å². The van der Waals surface area contributed by atoms with Crippen LogP contribution in [0.3, 0.4) is 0 Å². The highest BCUT2D eigenvalue weighted by atomic mass is 17.2. The largest absolute Gasteiger partial charge is 0.460 e. The molecule has 1 aliphatic rings. The number of aliphatic hydroxyl groups is 4. The van der Waals surface area contributed by atoms with Gasteiger partial charge in [0.1, 0.15) is 37.6 Å². The second-order valence-corrected chi connectivity index (χ2v) is 3.99. The van der Waals surface area contributed by atoms with Crippen molar-refractivity contribution in [3.05, 3.63) is 12.7 Å². The Morgan fingerprint density at radius 2 is 1.90 bits per heavy atom. The van der Waals surface area contributed by atoms with Crippen LogP contribution in [0.15, 0.2) is 12.7 Å². The average molecular weight is 294 g/mol. The van der Waals surface area contributed by atoms with E-state index < -0.39 is 43.3 Å². The van der Waals surface area contributed by atoms with E-state index >= 15 is 0 Å². The lowest BCUT2D eigenvalue weighted by molar-refractivity contribution is -0.426. The van der Waals surface area contributed by atoms with Crippen molar-refractivity contribution in [2.45, 2.75) is 30.7 Å². The van der Waals surface area contributed by atoms with Crippen molar-refractivity contribution < 1.29 is 44.5 Å². The zero-order valence-corrected chi connectivity index (χ0v) is 10.6. The number of hydrogen-bond donors (Lipinski definition) is 4. The first-order valence-electron chi connectivity index (χ1n) is 5.89. The number of carbonyl (C=O) groups excluding carboxylic acids is 1. The third-order valence-corrected chi connectivity index (χ3v) is 2.59. The molecule has 1 aliphatic heterocycles. The summed E-state index contributed by atoms with van der Waals surface area (Å²) >= 11 is 0. The highest BCUT2D eigenvalue weighted by molar-refractivity contribution is 5.81. The fourth-order valence-corrected chi connectivity index (χ4v) is 1.50. The first-order chi connectivity index (χ1) is 9.51. The Bertz CT molecular complexity index is 319. The molecule has 1 fully saturated rings. The number of esters is 1. The molecule has 1 rings (SSSR count). The van der Waals surface area contributed by atoms with Crippen molar-refractivity contribution in [1.29, 1.82) is 0 Å². The van der Waals surface area contributed by atoms with E-state index in [2.05, 4.69) is 21.1 Å². The lowest BCUT2D eigenvalue weighted by Gasteiger charge is -2.38. The summed E-state index contributed by atoms with van der Waals surface area (Å²) in [6, 6.07) is 0. The standard InChI is InChI=1S/C11H18O9/c1-2-7(13)17-3-4-18-20-11-10(16)9(15)8(14)6(5-12)19-11/h2,6,8-12,14-16H,1,3-5H2/t6?,8-,9?,10?,11-/m0/s1. The summed E-state index contributed by atoms with van der Waals surface area (Å²) in [4.78, 5) is 20.0. The molecule has 20 heavy (non-hydrogen) atoms. The van der Waals surface area contributed by atoms with E-state index in [4.69, 9.17) is 9.84 Å². The van der Waals surface area contributed by atoms with Crippen LogP contribution in [0.2, 0.25) is 0 Å². The Hall–Kier alpha value is -1.07. The van der Waals surface area contributed by atoms with Gasteiger partial charge in [-0.25, -0.2) is 14.6 Å². The van der Waals surface area contributed by atoms with Crippen LogP contribution >= 0.6 is 0 Å². The van der Waals surface area contributed by atoms with Crippen molar-refractivity contribution in [3.8, 4) is 0 Å². The molecule has 3 unspecified atom stereocenters. The average Bonchev–Trinajstić information content (AvgIpc) is 2.46. The molecule has 0 aromatic heterocycles. The Balaban J connectivity index is 2.31. The topological polar surface area (TPSA) is 135 Å². The lowest BCUT2D eigenvalue weighted by atomic mass is 9.99. The SMILES string of the molecule is C=CC(=O)OCCOO[C@@H]1OC(CO)[C@H](O)C(O)C1O. The van der Waals surface area contributed by atoms with Crippen molar-refractivity contribution >= 4 is 5.97 Å². The minimum atomic E-state index is -1.55. The van der Waals surface area contributed by atoms with Gasteiger partial charge >= 0.3 is 5.97 Å². The van der Waals surface area contributed by atoms with Gasteiger partial charge in [0.05, 0.1) is 6.61 Å². The van der Waals surface area contributed by atoms with Gasteiger partial charge in [0, 0.05) is 6.08 Å². The van der Waals surface area contributed by atoms with Gasteiger partial charge in [-0.05, 0) is 0 Å². The second kappa shape index (κ2) is 8.27. The molecule has 0 aromatic carbocycles. The van der Waals surface area contributed by atoms with Crippen molar-refractivity contribution in [2.24, 2.45) is 0 Å². The molecule has 0 bridgehead atoms. The molecule has 0 aromatic rings. The fourth-order valence-electron chi connectivity index (χ4n) is 1.50. The molecule has 0 radical (unpaired) electrons. The maximum absolute atomic E-state index is 10.7. The number of hydrogen-bond acceptors (Lipinski definition) is 9. The molecule has 1 heterocycles. The summed E-state index contributed by atoms with van der Waals surface area (Å²) in [7, 11) is 0. The highest BCUT2D eigenvalue weighted by Gasteiger charge is 2.44. The van der Waals surface area contributed by atoms with E-state index in [0.717, 1.165) is 6.08 Å². The zero-order chi connectivity index (χ0) is 15.1. The van der Waals surface area contributed by atoms with Crippen LogP contribution in [0.5, 0.6) is 0 Å². The normalized spacial score (nSPS) is 33.7. The number of rotatable bonds is 7. The van der Waals surface area contributed by atoms with Gasteiger partial charge in [-0.1, -0.05) is 6.58 Å². The summed E-state index contributed by atoms with van der Waals surface area (Å²) in [6.45, 7) is 2.38. The van der Waals surface area contributed by atoms with Gasteiger partial charge in [-0.15, -0.1) is 0 Å². The monoisotopic (exact) mass is 294 g/mol. The first kappa shape index (κ1) is 17.0. The van der Waals surface area contributed by atoms with E-state index in [1.54, 1.807) is 0 Å². The van der Waals surface area contributed by atoms with E-state index in [9.17, 15) is 20.1 Å². The van der Waals surface area contributed by atoms with Crippen LogP contribution in [-0.4, -0.2) is 76.9 Å². The van der Waals surface area contributed by atoms with Crippen molar-refractivity contribution in [1.82, 2.24) is 0 Å².